The highest BCUT2D eigenvalue weighted by molar-refractivity contribution is 6.04. The van der Waals surface area contributed by atoms with Gasteiger partial charge in [-0.05, 0) is 79.3 Å². The number of ether oxygens (including phenoxy) is 3. The maximum absolute atomic E-state index is 11.3. The third-order valence-corrected chi connectivity index (χ3v) is 5.90. The SMILES string of the molecule is Cc1cc(C2=NNC(=O)CC2)ccc1OCCCNCC(O)COc1ccc(CCOCC(C)C)cc1. The van der Waals surface area contributed by atoms with Gasteiger partial charge in [0.1, 0.15) is 24.2 Å². The molecule has 3 N–H and O–H groups in total. The lowest BCUT2D eigenvalue weighted by atomic mass is 10.0. The summed E-state index contributed by atoms with van der Waals surface area (Å²) >= 11 is 0. The monoisotopic (exact) mass is 511 g/mol. The van der Waals surface area contributed by atoms with E-state index in [2.05, 4.69) is 29.7 Å². The highest BCUT2D eigenvalue weighted by Crippen LogP contribution is 2.21. The second-order valence-corrected chi connectivity index (χ2v) is 9.81. The van der Waals surface area contributed by atoms with E-state index in [1.807, 2.05) is 49.4 Å². The van der Waals surface area contributed by atoms with Gasteiger partial charge in [0.15, 0.2) is 0 Å². The van der Waals surface area contributed by atoms with E-state index in [0.717, 1.165) is 60.9 Å². The van der Waals surface area contributed by atoms with Crippen LogP contribution in [-0.2, 0) is 16.0 Å². The lowest BCUT2D eigenvalue weighted by Crippen LogP contribution is -2.32. The molecule has 0 saturated carbocycles. The van der Waals surface area contributed by atoms with Gasteiger partial charge in [-0.1, -0.05) is 26.0 Å². The van der Waals surface area contributed by atoms with Gasteiger partial charge in [0, 0.05) is 26.0 Å². The lowest BCUT2D eigenvalue weighted by Gasteiger charge is -2.15. The maximum Gasteiger partial charge on any atom is 0.240 e. The largest absolute Gasteiger partial charge is 0.493 e. The second kappa shape index (κ2) is 15.3. The summed E-state index contributed by atoms with van der Waals surface area (Å²) in [4.78, 5) is 11.3. The number of nitrogens with zero attached hydrogens (tertiary/aromatic N) is 1. The Kier molecular flexibility index (Phi) is 11.9. The number of amides is 1. The lowest BCUT2D eigenvalue weighted by molar-refractivity contribution is -0.121. The molecule has 3 rings (SSSR count). The molecule has 37 heavy (non-hydrogen) atoms. The minimum absolute atomic E-state index is 0.0433. The van der Waals surface area contributed by atoms with Gasteiger partial charge >= 0.3 is 0 Å². The van der Waals surface area contributed by atoms with Gasteiger partial charge in [-0.15, -0.1) is 0 Å². The average Bonchev–Trinajstić information content (AvgIpc) is 2.89. The van der Waals surface area contributed by atoms with Crippen LogP contribution in [0, 0.1) is 12.8 Å². The molecule has 0 saturated heterocycles. The molecule has 0 spiro atoms. The second-order valence-electron chi connectivity index (χ2n) is 9.81. The van der Waals surface area contributed by atoms with Crippen molar-refractivity contribution in [3.8, 4) is 11.5 Å². The molecular formula is C29H41N3O5. The fourth-order valence-electron chi connectivity index (χ4n) is 3.83. The molecule has 1 aliphatic heterocycles. The van der Waals surface area contributed by atoms with Crippen molar-refractivity contribution in [3.05, 3.63) is 59.2 Å². The summed E-state index contributed by atoms with van der Waals surface area (Å²) in [6.45, 7) is 9.80. The maximum atomic E-state index is 11.3. The summed E-state index contributed by atoms with van der Waals surface area (Å²) < 4.78 is 17.3. The van der Waals surface area contributed by atoms with E-state index in [1.54, 1.807) is 0 Å². The number of aryl methyl sites for hydroxylation is 1. The fraction of sp³-hybridized carbons (Fsp3) is 0.517. The minimum Gasteiger partial charge on any atom is -0.493 e. The minimum atomic E-state index is -0.590. The van der Waals surface area contributed by atoms with Crippen molar-refractivity contribution in [2.24, 2.45) is 11.0 Å². The number of hydrogen-bond acceptors (Lipinski definition) is 7. The van der Waals surface area contributed by atoms with Crippen LogP contribution in [0.1, 0.15) is 49.8 Å². The van der Waals surface area contributed by atoms with Gasteiger partial charge in [-0.3, -0.25) is 4.79 Å². The summed E-state index contributed by atoms with van der Waals surface area (Å²) in [5.74, 6) is 2.10. The third kappa shape index (κ3) is 10.5. The molecule has 1 atom stereocenters. The standard InChI is InChI=1S/C29H41N3O5/c1-21(2)19-35-16-13-23-5-8-26(9-6-23)37-20-25(33)18-30-14-4-15-36-28-11-7-24(17-22(28)3)27-10-12-29(34)32-31-27/h5-9,11,17,21,25,30,33H,4,10,12-16,18-20H2,1-3H3,(H,32,34). The molecule has 0 aliphatic carbocycles. The molecule has 1 amide bonds. The number of rotatable bonds is 16. The topological polar surface area (TPSA) is 101 Å². The van der Waals surface area contributed by atoms with Crippen molar-refractivity contribution in [2.45, 2.75) is 52.6 Å². The Balaban J connectivity index is 1.25. The zero-order valence-electron chi connectivity index (χ0n) is 22.3. The first-order valence-corrected chi connectivity index (χ1v) is 13.2. The Morgan fingerprint density at radius 2 is 1.86 bits per heavy atom. The van der Waals surface area contributed by atoms with E-state index >= 15 is 0 Å². The number of carbonyl (C=O) groups excluding carboxylic acids is 1. The Bertz CT molecular complexity index is 1010. The molecule has 1 heterocycles. The molecule has 2 aromatic rings. The van der Waals surface area contributed by atoms with Gasteiger partial charge in [-0.2, -0.15) is 5.10 Å². The number of nitrogens with one attached hydrogen (secondary N) is 2. The van der Waals surface area contributed by atoms with Crippen molar-refractivity contribution in [3.63, 3.8) is 0 Å². The number of aliphatic hydroxyl groups excluding tert-OH is 1. The highest BCUT2D eigenvalue weighted by Gasteiger charge is 2.14. The number of carbonyl (C=O) groups is 1. The van der Waals surface area contributed by atoms with Crippen LogP contribution < -0.4 is 20.2 Å². The summed E-state index contributed by atoms with van der Waals surface area (Å²) in [5, 5.41) is 17.6. The summed E-state index contributed by atoms with van der Waals surface area (Å²) in [5.41, 5.74) is 6.67. The molecule has 0 radical (unpaired) electrons. The van der Waals surface area contributed by atoms with Crippen molar-refractivity contribution in [1.82, 2.24) is 10.7 Å². The normalized spacial score (nSPS) is 14.3. The van der Waals surface area contributed by atoms with E-state index in [0.29, 0.717) is 31.9 Å². The van der Waals surface area contributed by atoms with Gasteiger partial charge in [0.2, 0.25) is 5.91 Å². The van der Waals surface area contributed by atoms with Crippen LogP contribution >= 0.6 is 0 Å². The van der Waals surface area contributed by atoms with Gasteiger partial charge in [-0.25, -0.2) is 5.43 Å². The Morgan fingerprint density at radius 1 is 1.05 bits per heavy atom. The average molecular weight is 512 g/mol. The van der Waals surface area contributed by atoms with Crippen LogP contribution in [0.25, 0.3) is 0 Å². The smallest absolute Gasteiger partial charge is 0.240 e. The predicted molar refractivity (Wildman–Crippen MR) is 145 cm³/mol. The first kappa shape index (κ1) is 28.6. The quantitative estimate of drug-likeness (QED) is 0.298. The molecule has 1 aliphatic rings. The number of hydrogen-bond donors (Lipinski definition) is 3. The van der Waals surface area contributed by atoms with E-state index in [1.165, 1.54) is 5.56 Å². The first-order valence-electron chi connectivity index (χ1n) is 13.2. The van der Waals surface area contributed by atoms with Crippen molar-refractivity contribution in [1.29, 1.82) is 0 Å². The van der Waals surface area contributed by atoms with Crippen LogP contribution in [0.15, 0.2) is 47.6 Å². The van der Waals surface area contributed by atoms with Crippen LogP contribution in [0.5, 0.6) is 11.5 Å². The zero-order chi connectivity index (χ0) is 26.5. The van der Waals surface area contributed by atoms with Crippen LogP contribution in [0.2, 0.25) is 0 Å². The third-order valence-electron chi connectivity index (χ3n) is 5.90. The molecule has 0 bridgehead atoms. The predicted octanol–water partition coefficient (Wildman–Crippen LogP) is 3.62. The van der Waals surface area contributed by atoms with Crippen LogP contribution in [0.3, 0.4) is 0 Å². The zero-order valence-corrected chi connectivity index (χ0v) is 22.3. The van der Waals surface area contributed by atoms with Crippen LogP contribution in [0.4, 0.5) is 0 Å². The van der Waals surface area contributed by atoms with E-state index in [-0.39, 0.29) is 12.5 Å². The number of benzene rings is 2. The Morgan fingerprint density at radius 3 is 2.57 bits per heavy atom. The van der Waals surface area contributed by atoms with Crippen molar-refractivity contribution < 1.29 is 24.1 Å². The Hall–Kier alpha value is -2.94. The van der Waals surface area contributed by atoms with Crippen LogP contribution in [-0.4, -0.2) is 62.3 Å². The Labute approximate surface area is 220 Å². The van der Waals surface area contributed by atoms with Crippen molar-refractivity contribution in [2.75, 3.05) is 39.5 Å². The van der Waals surface area contributed by atoms with Gasteiger partial charge < -0.3 is 24.6 Å². The molecule has 1 unspecified atom stereocenters. The number of aliphatic hydroxyl groups is 1. The number of hydrazone groups is 1. The molecule has 8 nitrogen and oxygen atoms in total. The summed E-state index contributed by atoms with van der Waals surface area (Å²) in [7, 11) is 0. The molecule has 0 aromatic heterocycles. The summed E-state index contributed by atoms with van der Waals surface area (Å²) in [6.07, 6.45) is 2.22. The summed E-state index contributed by atoms with van der Waals surface area (Å²) in [6, 6.07) is 13.9. The molecule has 2 aromatic carbocycles. The van der Waals surface area contributed by atoms with E-state index in [9.17, 15) is 9.90 Å². The molecule has 8 heteroatoms. The van der Waals surface area contributed by atoms with E-state index in [4.69, 9.17) is 14.2 Å². The highest BCUT2D eigenvalue weighted by atomic mass is 16.5. The molecule has 0 fully saturated rings. The van der Waals surface area contributed by atoms with E-state index < -0.39 is 6.10 Å². The van der Waals surface area contributed by atoms with Crippen molar-refractivity contribution >= 4 is 11.6 Å². The van der Waals surface area contributed by atoms with Gasteiger partial charge in [0.05, 0.1) is 18.9 Å². The fourth-order valence-corrected chi connectivity index (χ4v) is 3.83. The molecule has 202 valence electrons. The first-order chi connectivity index (χ1) is 17.9. The molecular weight excluding hydrogens is 470 g/mol. The van der Waals surface area contributed by atoms with Gasteiger partial charge in [0.25, 0.3) is 0 Å².